The van der Waals surface area contributed by atoms with Crippen LogP contribution in [-0.2, 0) is 6.61 Å². The van der Waals surface area contributed by atoms with Crippen molar-refractivity contribution in [2.24, 2.45) is 5.16 Å². The van der Waals surface area contributed by atoms with E-state index in [0.29, 0.717) is 17.0 Å². The molecule has 21 heavy (non-hydrogen) atoms. The maximum Gasteiger partial charge on any atom is 0.131 e. The maximum absolute atomic E-state index is 13.7. The molecule has 0 aliphatic heterocycles. The summed E-state index contributed by atoms with van der Waals surface area (Å²) >= 11 is 0. The zero-order valence-corrected chi connectivity index (χ0v) is 11.4. The maximum atomic E-state index is 13.7. The fraction of sp³-hybridized carbons (Fsp3) is 0.125. The molecule has 0 fully saturated rings. The van der Waals surface area contributed by atoms with E-state index in [9.17, 15) is 4.39 Å². The summed E-state index contributed by atoms with van der Waals surface area (Å²) in [6.07, 6.45) is 0. The van der Waals surface area contributed by atoms with Crippen LogP contribution < -0.4 is 4.74 Å². The number of nitrogens with zero attached hydrogens (tertiary/aromatic N) is 2. The number of nitriles is 1. The summed E-state index contributed by atoms with van der Waals surface area (Å²) in [5, 5.41) is 20.5. The highest BCUT2D eigenvalue weighted by atomic mass is 19.1. The predicted molar refractivity (Wildman–Crippen MR) is 75.9 cm³/mol. The summed E-state index contributed by atoms with van der Waals surface area (Å²) in [5.41, 5.74) is 1.93. The van der Waals surface area contributed by atoms with Gasteiger partial charge in [0.1, 0.15) is 18.2 Å². The molecule has 0 radical (unpaired) electrons. The second-order valence-electron chi connectivity index (χ2n) is 4.42. The minimum absolute atomic E-state index is 0.0734. The molecule has 0 aliphatic carbocycles. The van der Waals surface area contributed by atoms with Crippen LogP contribution in [0.2, 0.25) is 0 Å². The summed E-state index contributed by atoms with van der Waals surface area (Å²) in [4.78, 5) is 0. The van der Waals surface area contributed by atoms with Crippen molar-refractivity contribution in [3.63, 3.8) is 0 Å². The average molecular weight is 284 g/mol. The van der Waals surface area contributed by atoms with Crippen LogP contribution >= 0.6 is 0 Å². The van der Waals surface area contributed by atoms with Crippen molar-refractivity contribution in [1.29, 1.82) is 5.26 Å². The van der Waals surface area contributed by atoms with Gasteiger partial charge in [0.25, 0.3) is 0 Å². The number of ether oxygens (including phenoxy) is 1. The zero-order chi connectivity index (χ0) is 15.2. The lowest BCUT2D eigenvalue weighted by Gasteiger charge is -2.08. The molecule has 4 nitrogen and oxygen atoms in total. The van der Waals surface area contributed by atoms with Crippen molar-refractivity contribution in [1.82, 2.24) is 0 Å². The topological polar surface area (TPSA) is 65.6 Å². The van der Waals surface area contributed by atoms with Crippen molar-refractivity contribution < 1.29 is 14.3 Å². The number of rotatable bonds is 4. The Balaban J connectivity index is 2.05. The minimum Gasteiger partial charge on any atom is -0.489 e. The lowest BCUT2D eigenvalue weighted by atomic mass is 10.1. The Morgan fingerprint density at radius 2 is 2.00 bits per heavy atom. The summed E-state index contributed by atoms with van der Waals surface area (Å²) in [6.45, 7) is 1.76. The SMILES string of the molecule is C/C(=N\O)c1ccc(OCc2ccc(C#N)cc2F)cc1. The molecular weight excluding hydrogens is 271 g/mol. The molecule has 0 spiro atoms. The molecule has 5 heteroatoms. The van der Waals surface area contributed by atoms with Gasteiger partial charge in [-0.1, -0.05) is 11.2 Å². The first-order valence-corrected chi connectivity index (χ1v) is 6.24. The third-order valence-electron chi connectivity index (χ3n) is 3.00. The van der Waals surface area contributed by atoms with Crippen LogP contribution in [0.5, 0.6) is 5.75 Å². The predicted octanol–water partition coefficient (Wildman–Crippen LogP) is 3.47. The summed E-state index contributed by atoms with van der Waals surface area (Å²) in [7, 11) is 0. The quantitative estimate of drug-likeness (QED) is 0.531. The highest BCUT2D eigenvalue weighted by Crippen LogP contribution is 2.16. The molecule has 2 aromatic carbocycles. The van der Waals surface area contributed by atoms with Crippen molar-refractivity contribution in [2.75, 3.05) is 0 Å². The number of hydrogen-bond acceptors (Lipinski definition) is 4. The number of benzene rings is 2. The van der Waals surface area contributed by atoms with E-state index in [1.807, 2.05) is 6.07 Å². The second-order valence-corrected chi connectivity index (χ2v) is 4.42. The van der Waals surface area contributed by atoms with E-state index in [1.54, 1.807) is 37.3 Å². The van der Waals surface area contributed by atoms with E-state index in [0.717, 1.165) is 5.56 Å². The number of halogens is 1. The van der Waals surface area contributed by atoms with Gasteiger partial charge in [0, 0.05) is 5.56 Å². The van der Waals surface area contributed by atoms with Gasteiger partial charge in [0.05, 0.1) is 17.3 Å². The highest BCUT2D eigenvalue weighted by Gasteiger charge is 2.05. The fourth-order valence-electron chi connectivity index (χ4n) is 1.75. The van der Waals surface area contributed by atoms with E-state index in [4.69, 9.17) is 15.2 Å². The lowest BCUT2D eigenvalue weighted by molar-refractivity contribution is 0.300. The molecule has 0 aromatic heterocycles. The Morgan fingerprint density at radius 1 is 1.29 bits per heavy atom. The Kier molecular flexibility index (Phi) is 4.52. The molecule has 0 amide bonds. The van der Waals surface area contributed by atoms with Gasteiger partial charge >= 0.3 is 0 Å². The molecule has 0 aliphatic rings. The smallest absolute Gasteiger partial charge is 0.131 e. The number of oxime groups is 1. The van der Waals surface area contributed by atoms with Gasteiger partial charge in [-0.05, 0) is 48.9 Å². The van der Waals surface area contributed by atoms with E-state index >= 15 is 0 Å². The van der Waals surface area contributed by atoms with Crippen LogP contribution in [0, 0.1) is 17.1 Å². The molecule has 2 rings (SSSR count). The van der Waals surface area contributed by atoms with Crippen LogP contribution in [0.4, 0.5) is 4.39 Å². The van der Waals surface area contributed by atoms with E-state index in [1.165, 1.54) is 12.1 Å². The van der Waals surface area contributed by atoms with Crippen LogP contribution in [0.25, 0.3) is 0 Å². The van der Waals surface area contributed by atoms with E-state index in [2.05, 4.69) is 5.16 Å². The first kappa shape index (κ1) is 14.5. The van der Waals surface area contributed by atoms with Gasteiger partial charge in [-0.25, -0.2) is 4.39 Å². The monoisotopic (exact) mass is 284 g/mol. The van der Waals surface area contributed by atoms with Crippen LogP contribution in [-0.4, -0.2) is 10.9 Å². The standard InChI is InChI=1S/C16H13FN2O2/c1-11(19-20)13-4-6-15(7-5-13)21-10-14-3-2-12(9-18)8-16(14)17/h2-8,20H,10H2,1H3/b19-11+. The van der Waals surface area contributed by atoms with Crippen molar-refractivity contribution in [2.45, 2.75) is 13.5 Å². The molecule has 0 saturated carbocycles. The van der Waals surface area contributed by atoms with Gasteiger partial charge in [-0.3, -0.25) is 0 Å². The normalized spacial score (nSPS) is 11.0. The third kappa shape index (κ3) is 3.57. The summed E-state index contributed by atoms with van der Waals surface area (Å²) < 4.78 is 19.2. The first-order valence-electron chi connectivity index (χ1n) is 6.24. The first-order chi connectivity index (χ1) is 10.1. The summed E-state index contributed by atoms with van der Waals surface area (Å²) in [5.74, 6) is 0.113. The van der Waals surface area contributed by atoms with Gasteiger partial charge in [-0.2, -0.15) is 5.26 Å². The highest BCUT2D eigenvalue weighted by molar-refractivity contribution is 5.98. The third-order valence-corrected chi connectivity index (χ3v) is 3.00. The number of hydrogen-bond donors (Lipinski definition) is 1. The van der Waals surface area contributed by atoms with Crippen molar-refractivity contribution in [3.8, 4) is 11.8 Å². The van der Waals surface area contributed by atoms with Crippen molar-refractivity contribution in [3.05, 3.63) is 65.0 Å². The van der Waals surface area contributed by atoms with Gasteiger partial charge in [0.2, 0.25) is 0 Å². The molecule has 0 atom stereocenters. The largest absolute Gasteiger partial charge is 0.489 e. The van der Waals surface area contributed by atoms with Crippen molar-refractivity contribution >= 4 is 5.71 Å². The van der Waals surface area contributed by atoms with E-state index < -0.39 is 5.82 Å². The average Bonchev–Trinajstić information content (AvgIpc) is 2.53. The van der Waals surface area contributed by atoms with Gasteiger partial charge < -0.3 is 9.94 Å². The zero-order valence-electron chi connectivity index (χ0n) is 11.4. The molecule has 0 bridgehead atoms. The minimum atomic E-state index is -0.464. The molecule has 1 N–H and O–H groups in total. The molecule has 2 aromatic rings. The van der Waals surface area contributed by atoms with Gasteiger partial charge in [0.15, 0.2) is 0 Å². The van der Waals surface area contributed by atoms with Crippen LogP contribution in [0.1, 0.15) is 23.6 Å². The molecule has 0 unspecified atom stereocenters. The van der Waals surface area contributed by atoms with Crippen LogP contribution in [0.3, 0.4) is 0 Å². The Morgan fingerprint density at radius 3 is 2.57 bits per heavy atom. The fourth-order valence-corrected chi connectivity index (χ4v) is 1.75. The molecule has 106 valence electrons. The molecular formula is C16H13FN2O2. The Hall–Kier alpha value is -2.87. The molecule has 0 saturated heterocycles. The second kappa shape index (κ2) is 6.53. The Bertz CT molecular complexity index is 703. The Labute approximate surface area is 121 Å². The lowest BCUT2D eigenvalue weighted by Crippen LogP contribution is -2.00. The van der Waals surface area contributed by atoms with E-state index in [-0.39, 0.29) is 12.2 Å². The molecule has 0 heterocycles. The van der Waals surface area contributed by atoms with Crippen LogP contribution in [0.15, 0.2) is 47.6 Å². The summed E-state index contributed by atoms with van der Waals surface area (Å²) in [6, 6.07) is 13.1. The van der Waals surface area contributed by atoms with Gasteiger partial charge in [-0.15, -0.1) is 0 Å².